The molecule has 0 spiro atoms. The first-order chi connectivity index (χ1) is 15.7. The Hall–Kier alpha value is -1.89. The number of rotatable bonds is 7. The molecule has 4 bridgehead atoms. The van der Waals surface area contributed by atoms with Crippen LogP contribution in [0.1, 0.15) is 61.4 Å². The molecule has 176 valence electrons. The van der Waals surface area contributed by atoms with Gasteiger partial charge in [-0.3, -0.25) is 4.79 Å². The lowest BCUT2D eigenvalue weighted by atomic mass is 9.48. The smallest absolute Gasteiger partial charge is 0.251 e. The van der Waals surface area contributed by atoms with Gasteiger partial charge in [0.05, 0.1) is 4.90 Å². The summed E-state index contributed by atoms with van der Waals surface area (Å²) < 4.78 is 29.5. The second-order valence-corrected chi connectivity index (χ2v) is 12.6. The normalized spacial score (nSPS) is 29.1. The van der Waals surface area contributed by atoms with Crippen LogP contribution in [-0.2, 0) is 16.6 Å². The van der Waals surface area contributed by atoms with Gasteiger partial charge in [-0.25, -0.2) is 13.1 Å². The van der Waals surface area contributed by atoms with E-state index in [-0.39, 0.29) is 22.3 Å². The molecule has 0 unspecified atom stereocenters. The zero-order valence-corrected chi connectivity index (χ0v) is 20.5. The number of sulfonamides is 1. The van der Waals surface area contributed by atoms with Crippen LogP contribution >= 0.6 is 11.6 Å². The van der Waals surface area contributed by atoms with Crippen molar-refractivity contribution in [3.63, 3.8) is 0 Å². The molecule has 2 aromatic carbocycles. The molecule has 5 nitrogen and oxygen atoms in total. The average Bonchev–Trinajstić information content (AvgIpc) is 2.77. The van der Waals surface area contributed by atoms with Crippen molar-refractivity contribution in [2.75, 3.05) is 0 Å². The molecule has 33 heavy (non-hydrogen) atoms. The summed E-state index contributed by atoms with van der Waals surface area (Å²) >= 11 is 5.90. The lowest BCUT2D eigenvalue weighted by Crippen LogP contribution is -2.55. The van der Waals surface area contributed by atoms with Crippen molar-refractivity contribution < 1.29 is 13.2 Å². The largest absolute Gasteiger partial charge is 0.348 e. The van der Waals surface area contributed by atoms with Gasteiger partial charge < -0.3 is 5.32 Å². The number of benzene rings is 2. The van der Waals surface area contributed by atoms with Gasteiger partial charge in [-0.1, -0.05) is 29.8 Å². The molecule has 4 aliphatic carbocycles. The minimum absolute atomic E-state index is 0.0788. The van der Waals surface area contributed by atoms with Crippen molar-refractivity contribution in [3.05, 3.63) is 64.7 Å². The van der Waals surface area contributed by atoms with Gasteiger partial charge in [-0.05, 0) is 105 Å². The highest BCUT2D eigenvalue weighted by atomic mass is 35.5. The fraction of sp³-hybridized carbons (Fsp3) is 0.500. The van der Waals surface area contributed by atoms with Crippen LogP contribution in [0.15, 0.2) is 53.4 Å². The maximum atomic E-state index is 13.3. The average molecular weight is 487 g/mol. The van der Waals surface area contributed by atoms with Gasteiger partial charge in [0.25, 0.3) is 5.91 Å². The van der Waals surface area contributed by atoms with E-state index in [0.29, 0.717) is 17.1 Å². The molecule has 4 saturated carbocycles. The van der Waals surface area contributed by atoms with Crippen LogP contribution in [0.5, 0.6) is 0 Å². The molecule has 0 heterocycles. The molecule has 4 fully saturated rings. The molecule has 6 rings (SSSR count). The van der Waals surface area contributed by atoms with Crippen LogP contribution in [0.2, 0.25) is 5.02 Å². The Balaban J connectivity index is 1.27. The fourth-order valence-electron chi connectivity index (χ4n) is 6.82. The SMILES string of the molecule is C[C@H](NS(=O)(=O)c1cccc(C(=O)NCc2ccc(Cl)cc2)c1)C12CC3CC(CC(C3)C1)C2. The third kappa shape index (κ3) is 4.71. The van der Waals surface area contributed by atoms with Crippen molar-refractivity contribution in [1.82, 2.24) is 10.0 Å². The number of hydrogen-bond donors (Lipinski definition) is 2. The molecule has 1 amide bonds. The van der Waals surface area contributed by atoms with Gasteiger partial charge in [-0.2, -0.15) is 0 Å². The van der Waals surface area contributed by atoms with E-state index < -0.39 is 10.0 Å². The Kier molecular flexibility index (Phi) is 6.04. The van der Waals surface area contributed by atoms with E-state index in [1.54, 1.807) is 30.3 Å². The molecule has 7 heteroatoms. The summed E-state index contributed by atoms with van der Waals surface area (Å²) in [6.45, 7) is 2.38. The van der Waals surface area contributed by atoms with Crippen LogP contribution in [0, 0.1) is 23.2 Å². The van der Waals surface area contributed by atoms with Gasteiger partial charge in [0, 0.05) is 23.2 Å². The standard InChI is InChI=1S/C26H31ClN2O3S/c1-17(26-13-19-9-20(14-26)11-21(10-19)15-26)29-33(31,32)24-4-2-3-22(12-24)25(30)28-16-18-5-7-23(27)8-6-18/h2-8,12,17,19-21,29H,9-11,13-16H2,1H3,(H,28,30)/t17-,19?,20?,21?,26?/m0/s1. The highest BCUT2D eigenvalue weighted by molar-refractivity contribution is 7.89. The summed E-state index contributed by atoms with van der Waals surface area (Å²) in [5.74, 6) is 1.97. The zero-order valence-electron chi connectivity index (χ0n) is 18.9. The lowest BCUT2D eigenvalue weighted by molar-refractivity contribution is -0.0666. The summed E-state index contributed by atoms with van der Waals surface area (Å²) in [4.78, 5) is 12.8. The summed E-state index contributed by atoms with van der Waals surface area (Å²) in [6.07, 6.45) is 7.38. The number of carbonyl (C=O) groups is 1. The first-order valence-corrected chi connectivity index (χ1v) is 13.7. The van der Waals surface area contributed by atoms with Crippen molar-refractivity contribution in [1.29, 1.82) is 0 Å². The second-order valence-electron chi connectivity index (χ2n) is 10.5. The third-order valence-corrected chi connectivity index (χ3v) is 9.90. The first-order valence-electron chi connectivity index (χ1n) is 11.9. The topological polar surface area (TPSA) is 75.3 Å². The monoisotopic (exact) mass is 486 g/mol. The van der Waals surface area contributed by atoms with Crippen molar-refractivity contribution in [3.8, 4) is 0 Å². The molecule has 0 aliphatic heterocycles. The summed E-state index contributed by atoms with van der Waals surface area (Å²) in [5, 5.41) is 3.48. The van der Waals surface area contributed by atoms with E-state index in [1.165, 1.54) is 25.3 Å². The summed E-state index contributed by atoms with van der Waals surface area (Å²) in [5.41, 5.74) is 1.33. The Morgan fingerprint density at radius 3 is 2.24 bits per heavy atom. The molecule has 2 aromatic rings. The summed E-state index contributed by atoms with van der Waals surface area (Å²) in [6, 6.07) is 13.4. The number of carbonyl (C=O) groups excluding carboxylic acids is 1. The van der Waals surface area contributed by atoms with Crippen molar-refractivity contribution >= 4 is 27.5 Å². The maximum absolute atomic E-state index is 13.3. The minimum atomic E-state index is -3.73. The molecule has 0 saturated heterocycles. The Bertz CT molecular complexity index is 1110. The van der Waals surface area contributed by atoms with E-state index in [0.717, 1.165) is 42.6 Å². The predicted octanol–water partition coefficient (Wildman–Crippen LogP) is 5.15. The zero-order chi connectivity index (χ0) is 23.2. The van der Waals surface area contributed by atoms with E-state index in [4.69, 9.17) is 11.6 Å². The van der Waals surface area contributed by atoms with E-state index in [9.17, 15) is 13.2 Å². The van der Waals surface area contributed by atoms with Gasteiger partial charge >= 0.3 is 0 Å². The summed E-state index contributed by atoms with van der Waals surface area (Å²) in [7, 11) is -3.73. The highest BCUT2D eigenvalue weighted by Gasteiger charge is 2.53. The Labute approximate surface area is 201 Å². The lowest BCUT2D eigenvalue weighted by Gasteiger charge is -2.59. The second kappa shape index (κ2) is 8.71. The van der Waals surface area contributed by atoms with Crippen LogP contribution < -0.4 is 10.0 Å². The van der Waals surface area contributed by atoms with Gasteiger partial charge in [0.15, 0.2) is 0 Å². The number of nitrogens with one attached hydrogen (secondary N) is 2. The molecule has 2 N–H and O–H groups in total. The molecule has 0 aromatic heterocycles. The maximum Gasteiger partial charge on any atom is 0.251 e. The third-order valence-electron chi connectivity index (χ3n) is 8.11. The molecule has 0 radical (unpaired) electrons. The van der Waals surface area contributed by atoms with Crippen LogP contribution in [0.4, 0.5) is 0 Å². The molecule has 4 aliphatic rings. The number of halogens is 1. The Morgan fingerprint density at radius 2 is 1.64 bits per heavy atom. The van der Waals surface area contributed by atoms with E-state index >= 15 is 0 Å². The van der Waals surface area contributed by atoms with Gasteiger partial charge in [0.1, 0.15) is 0 Å². The molecular weight excluding hydrogens is 456 g/mol. The van der Waals surface area contributed by atoms with Crippen molar-refractivity contribution in [2.45, 2.75) is 62.9 Å². The molecule has 1 atom stereocenters. The van der Waals surface area contributed by atoms with Crippen LogP contribution in [0.3, 0.4) is 0 Å². The van der Waals surface area contributed by atoms with Gasteiger partial charge in [0.2, 0.25) is 10.0 Å². The molecular formula is C26H31ClN2O3S. The van der Waals surface area contributed by atoms with E-state index in [1.807, 2.05) is 19.1 Å². The van der Waals surface area contributed by atoms with Crippen LogP contribution in [-0.4, -0.2) is 20.4 Å². The first kappa shape index (κ1) is 22.9. The van der Waals surface area contributed by atoms with Crippen molar-refractivity contribution in [2.24, 2.45) is 23.2 Å². The fourth-order valence-corrected chi connectivity index (χ4v) is 8.34. The minimum Gasteiger partial charge on any atom is -0.348 e. The van der Waals surface area contributed by atoms with Crippen LogP contribution in [0.25, 0.3) is 0 Å². The highest BCUT2D eigenvalue weighted by Crippen LogP contribution is 2.61. The van der Waals surface area contributed by atoms with E-state index in [2.05, 4.69) is 10.0 Å². The number of hydrogen-bond acceptors (Lipinski definition) is 3. The van der Waals surface area contributed by atoms with Gasteiger partial charge in [-0.15, -0.1) is 0 Å². The Morgan fingerprint density at radius 1 is 1.03 bits per heavy atom. The number of amides is 1. The predicted molar refractivity (Wildman–Crippen MR) is 129 cm³/mol. The quantitative estimate of drug-likeness (QED) is 0.568.